The van der Waals surface area contributed by atoms with Gasteiger partial charge in [0, 0.05) is 5.39 Å². The summed E-state index contributed by atoms with van der Waals surface area (Å²) in [6.45, 7) is 6.57. The molecule has 0 saturated carbocycles. The predicted molar refractivity (Wildman–Crippen MR) is 90.0 cm³/mol. The smallest absolute Gasteiger partial charge is 0.159 e. The van der Waals surface area contributed by atoms with Crippen molar-refractivity contribution in [2.24, 2.45) is 0 Å². The summed E-state index contributed by atoms with van der Waals surface area (Å²) in [6, 6.07) is 12.5. The summed E-state index contributed by atoms with van der Waals surface area (Å²) in [6.07, 6.45) is 0. The first-order chi connectivity index (χ1) is 10.6. The molecule has 2 aromatic carbocycles. The number of H-pyrrole nitrogens is 2. The molecular formula is C18H18N4. The molecule has 0 fully saturated rings. The van der Waals surface area contributed by atoms with Crippen molar-refractivity contribution in [2.45, 2.75) is 26.7 Å². The Morgan fingerprint density at radius 2 is 1.86 bits per heavy atom. The first-order valence-corrected chi connectivity index (χ1v) is 7.57. The van der Waals surface area contributed by atoms with Gasteiger partial charge in [-0.3, -0.25) is 5.10 Å². The van der Waals surface area contributed by atoms with Crippen LogP contribution in [0.15, 0.2) is 36.4 Å². The number of para-hydroxylation sites is 1. The molecule has 4 nitrogen and oxygen atoms in total. The zero-order chi connectivity index (χ0) is 15.3. The fraction of sp³-hybridized carbons (Fsp3) is 0.222. The quantitative estimate of drug-likeness (QED) is 0.569. The Morgan fingerprint density at radius 1 is 1.05 bits per heavy atom. The normalized spacial score (nSPS) is 11.8. The van der Waals surface area contributed by atoms with E-state index in [4.69, 9.17) is 4.98 Å². The minimum atomic E-state index is 0.496. The average molecular weight is 290 g/mol. The van der Waals surface area contributed by atoms with Gasteiger partial charge in [0.05, 0.1) is 16.6 Å². The SMILES string of the molecule is Cc1cc2[nH]c(-c3n[nH]c4ccccc34)nc2cc1C(C)C. The third kappa shape index (κ3) is 1.91. The second-order valence-corrected chi connectivity index (χ2v) is 6.08. The highest BCUT2D eigenvalue weighted by molar-refractivity contribution is 5.93. The molecule has 0 spiro atoms. The van der Waals surface area contributed by atoms with Gasteiger partial charge in [0.25, 0.3) is 0 Å². The largest absolute Gasteiger partial charge is 0.337 e. The Hall–Kier alpha value is -2.62. The van der Waals surface area contributed by atoms with Crippen LogP contribution in [-0.2, 0) is 0 Å². The van der Waals surface area contributed by atoms with E-state index in [1.807, 2.05) is 18.2 Å². The lowest BCUT2D eigenvalue weighted by Gasteiger charge is -2.08. The third-order valence-corrected chi connectivity index (χ3v) is 4.19. The van der Waals surface area contributed by atoms with Crippen LogP contribution in [0, 0.1) is 6.92 Å². The van der Waals surface area contributed by atoms with Gasteiger partial charge in [-0.1, -0.05) is 32.0 Å². The van der Waals surface area contributed by atoms with Gasteiger partial charge < -0.3 is 4.98 Å². The number of aromatic nitrogens is 4. The molecule has 4 rings (SSSR count). The minimum absolute atomic E-state index is 0.496. The van der Waals surface area contributed by atoms with Crippen LogP contribution in [0.1, 0.15) is 30.9 Å². The van der Waals surface area contributed by atoms with E-state index in [0.717, 1.165) is 33.5 Å². The standard InChI is InChI=1S/C18H18N4/c1-10(2)13-9-16-15(8-11(13)3)19-18(20-16)17-12-6-4-5-7-14(12)21-22-17/h4-10H,1-3H3,(H,19,20)(H,21,22). The number of hydrogen-bond donors (Lipinski definition) is 2. The van der Waals surface area contributed by atoms with Crippen LogP contribution >= 0.6 is 0 Å². The van der Waals surface area contributed by atoms with Crippen molar-refractivity contribution >= 4 is 21.9 Å². The van der Waals surface area contributed by atoms with Gasteiger partial charge in [-0.2, -0.15) is 5.10 Å². The first-order valence-electron chi connectivity index (χ1n) is 7.57. The third-order valence-electron chi connectivity index (χ3n) is 4.19. The van der Waals surface area contributed by atoms with Gasteiger partial charge in [-0.25, -0.2) is 4.98 Å². The lowest BCUT2D eigenvalue weighted by Crippen LogP contribution is -1.91. The van der Waals surface area contributed by atoms with Gasteiger partial charge >= 0.3 is 0 Å². The maximum Gasteiger partial charge on any atom is 0.159 e. The average Bonchev–Trinajstić information content (AvgIpc) is 3.08. The van der Waals surface area contributed by atoms with Crippen LogP contribution in [0.25, 0.3) is 33.5 Å². The molecule has 0 aliphatic rings. The van der Waals surface area contributed by atoms with Gasteiger partial charge in [-0.05, 0) is 42.2 Å². The first kappa shape index (κ1) is 13.1. The number of rotatable bonds is 2. The summed E-state index contributed by atoms with van der Waals surface area (Å²) in [5, 5.41) is 8.57. The molecule has 4 aromatic rings. The van der Waals surface area contributed by atoms with E-state index in [2.05, 4.69) is 54.2 Å². The van der Waals surface area contributed by atoms with Crippen molar-refractivity contribution in [1.82, 2.24) is 20.2 Å². The maximum atomic E-state index is 4.75. The highest BCUT2D eigenvalue weighted by Gasteiger charge is 2.14. The molecule has 0 amide bonds. The number of aromatic amines is 2. The zero-order valence-corrected chi connectivity index (χ0v) is 12.9. The summed E-state index contributed by atoms with van der Waals surface area (Å²) in [5.41, 5.74) is 6.59. The summed E-state index contributed by atoms with van der Waals surface area (Å²) in [4.78, 5) is 8.15. The minimum Gasteiger partial charge on any atom is -0.337 e. The fourth-order valence-electron chi connectivity index (χ4n) is 3.06. The molecular weight excluding hydrogens is 272 g/mol. The van der Waals surface area contributed by atoms with Crippen molar-refractivity contribution in [2.75, 3.05) is 0 Å². The molecule has 22 heavy (non-hydrogen) atoms. The second kappa shape index (κ2) is 4.70. The summed E-state index contributed by atoms with van der Waals surface area (Å²) in [5.74, 6) is 1.31. The van der Waals surface area contributed by atoms with Crippen LogP contribution in [0.2, 0.25) is 0 Å². The van der Waals surface area contributed by atoms with Crippen LogP contribution in [0.5, 0.6) is 0 Å². The molecule has 2 heterocycles. The van der Waals surface area contributed by atoms with Crippen LogP contribution < -0.4 is 0 Å². The van der Waals surface area contributed by atoms with E-state index >= 15 is 0 Å². The number of nitrogens with zero attached hydrogens (tertiary/aromatic N) is 2. The van der Waals surface area contributed by atoms with E-state index in [9.17, 15) is 0 Å². The molecule has 2 N–H and O–H groups in total. The Morgan fingerprint density at radius 3 is 2.68 bits per heavy atom. The van der Waals surface area contributed by atoms with Crippen molar-refractivity contribution in [3.63, 3.8) is 0 Å². The highest BCUT2D eigenvalue weighted by Crippen LogP contribution is 2.29. The van der Waals surface area contributed by atoms with Crippen LogP contribution in [0.3, 0.4) is 0 Å². The molecule has 110 valence electrons. The topological polar surface area (TPSA) is 57.4 Å². The maximum absolute atomic E-state index is 4.75. The molecule has 2 aromatic heterocycles. The number of imidazole rings is 1. The van der Waals surface area contributed by atoms with E-state index in [-0.39, 0.29) is 0 Å². The van der Waals surface area contributed by atoms with Crippen molar-refractivity contribution in [3.8, 4) is 11.5 Å². The van der Waals surface area contributed by atoms with Gasteiger partial charge in [0.15, 0.2) is 5.82 Å². The van der Waals surface area contributed by atoms with Crippen molar-refractivity contribution < 1.29 is 0 Å². The summed E-state index contributed by atoms with van der Waals surface area (Å²) in [7, 11) is 0. The Labute approximate surface area is 128 Å². The van der Waals surface area contributed by atoms with E-state index < -0.39 is 0 Å². The number of hydrogen-bond acceptors (Lipinski definition) is 2. The van der Waals surface area contributed by atoms with Crippen molar-refractivity contribution in [1.29, 1.82) is 0 Å². The summed E-state index contributed by atoms with van der Waals surface area (Å²) >= 11 is 0. The molecule has 0 atom stereocenters. The number of nitrogens with one attached hydrogen (secondary N) is 2. The molecule has 0 bridgehead atoms. The van der Waals surface area contributed by atoms with E-state index in [0.29, 0.717) is 5.92 Å². The van der Waals surface area contributed by atoms with E-state index in [1.165, 1.54) is 11.1 Å². The molecule has 4 heteroatoms. The monoisotopic (exact) mass is 290 g/mol. The molecule has 0 aliphatic heterocycles. The lowest BCUT2D eigenvalue weighted by molar-refractivity contribution is 0.858. The van der Waals surface area contributed by atoms with E-state index in [1.54, 1.807) is 0 Å². The fourth-order valence-corrected chi connectivity index (χ4v) is 3.06. The number of aryl methyl sites for hydroxylation is 1. The van der Waals surface area contributed by atoms with Gasteiger partial charge in [0.2, 0.25) is 0 Å². The molecule has 0 saturated heterocycles. The Bertz CT molecular complexity index is 975. The van der Waals surface area contributed by atoms with Crippen LogP contribution in [-0.4, -0.2) is 20.2 Å². The number of benzene rings is 2. The van der Waals surface area contributed by atoms with Gasteiger partial charge in [-0.15, -0.1) is 0 Å². The Kier molecular flexibility index (Phi) is 2.79. The van der Waals surface area contributed by atoms with Gasteiger partial charge in [0.1, 0.15) is 5.69 Å². The molecule has 0 unspecified atom stereocenters. The predicted octanol–water partition coefficient (Wildman–Crippen LogP) is 4.54. The van der Waals surface area contributed by atoms with Crippen molar-refractivity contribution in [3.05, 3.63) is 47.5 Å². The summed E-state index contributed by atoms with van der Waals surface area (Å²) < 4.78 is 0. The lowest BCUT2D eigenvalue weighted by atomic mass is 9.97. The molecule has 0 aliphatic carbocycles. The Balaban J connectivity index is 1.93. The second-order valence-electron chi connectivity index (χ2n) is 6.08. The zero-order valence-electron chi connectivity index (χ0n) is 12.9. The highest BCUT2D eigenvalue weighted by atomic mass is 15.1. The molecule has 0 radical (unpaired) electrons. The van der Waals surface area contributed by atoms with Crippen LogP contribution in [0.4, 0.5) is 0 Å². The number of fused-ring (bicyclic) bond motifs is 2.